The van der Waals surface area contributed by atoms with Crippen LogP contribution in [-0.4, -0.2) is 29.9 Å². The molecule has 2 aromatic rings. The summed E-state index contributed by atoms with van der Waals surface area (Å²) in [4.78, 5) is 29.7. The van der Waals surface area contributed by atoms with E-state index in [4.69, 9.17) is 4.74 Å². The molecule has 0 spiro atoms. The highest BCUT2D eigenvalue weighted by atomic mass is 79.9. The second-order valence-corrected chi connectivity index (χ2v) is 5.45. The maximum Gasteiger partial charge on any atom is 0.266 e. The Labute approximate surface area is 135 Å². The summed E-state index contributed by atoms with van der Waals surface area (Å²) in [6.07, 6.45) is 0. The van der Waals surface area contributed by atoms with Crippen molar-refractivity contribution in [3.8, 4) is 5.75 Å². The van der Waals surface area contributed by atoms with E-state index in [-0.39, 0.29) is 25.0 Å². The van der Waals surface area contributed by atoms with Gasteiger partial charge in [0, 0.05) is 5.69 Å². The van der Waals surface area contributed by atoms with Gasteiger partial charge in [-0.3, -0.25) is 14.5 Å². The molecule has 0 saturated heterocycles. The van der Waals surface area contributed by atoms with Gasteiger partial charge in [-0.25, -0.2) is 4.98 Å². The molecular formula is C15H12BrN3O3. The molecule has 0 bridgehead atoms. The van der Waals surface area contributed by atoms with Gasteiger partial charge < -0.3 is 10.1 Å². The Kier molecular flexibility index (Phi) is 4.06. The van der Waals surface area contributed by atoms with E-state index in [0.717, 1.165) is 0 Å². The van der Waals surface area contributed by atoms with E-state index in [0.29, 0.717) is 21.9 Å². The number of carbonyl (C=O) groups is 2. The summed E-state index contributed by atoms with van der Waals surface area (Å²) in [7, 11) is 0. The topological polar surface area (TPSA) is 71.5 Å². The van der Waals surface area contributed by atoms with E-state index in [1.807, 2.05) is 18.2 Å². The molecule has 3 rings (SSSR count). The molecule has 0 radical (unpaired) electrons. The van der Waals surface area contributed by atoms with Crippen LogP contribution in [0.15, 0.2) is 47.1 Å². The molecule has 0 aliphatic carbocycles. The maximum atomic E-state index is 12.1. The molecule has 0 saturated carbocycles. The summed E-state index contributed by atoms with van der Waals surface area (Å²) >= 11 is 3.25. The Balaban J connectivity index is 1.78. The van der Waals surface area contributed by atoms with Gasteiger partial charge in [-0.1, -0.05) is 18.2 Å². The van der Waals surface area contributed by atoms with Crippen molar-refractivity contribution in [2.75, 3.05) is 23.4 Å². The van der Waals surface area contributed by atoms with Crippen LogP contribution in [0, 0.1) is 0 Å². The van der Waals surface area contributed by atoms with Gasteiger partial charge in [0.1, 0.15) is 11.1 Å². The van der Waals surface area contributed by atoms with E-state index in [2.05, 4.69) is 26.2 Å². The smallest absolute Gasteiger partial charge is 0.266 e. The van der Waals surface area contributed by atoms with Crippen LogP contribution in [0.3, 0.4) is 0 Å². The molecule has 2 amide bonds. The van der Waals surface area contributed by atoms with Crippen LogP contribution in [0.2, 0.25) is 0 Å². The van der Waals surface area contributed by atoms with Crippen LogP contribution in [0.4, 0.5) is 11.5 Å². The van der Waals surface area contributed by atoms with Gasteiger partial charge in [0.15, 0.2) is 18.2 Å². The first-order valence-electron chi connectivity index (χ1n) is 6.58. The minimum Gasteiger partial charge on any atom is -0.480 e. The Morgan fingerprint density at radius 2 is 2.05 bits per heavy atom. The molecule has 1 aromatic carbocycles. The van der Waals surface area contributed by atoms with E-state index in [1.54, 1.807) is 24.3 Å². The molecule has 1 aliphatic rings. The Morgan fingerprint density at radius 1 is 1.27 bits per heavy atom. The molecule has 6 nitrogen and oxygen atoms in total. The van der Waals surface area contributed by atoms with Gasteiger partial charge >= 0.3 is 0 Å². The fraction of sp³-hybridized carbons (Fsp3) is 0.133. The highest BCUT2D eigenvalue weighted by molar-refractivity contribution is 9.10. The number of fused-ring (bicyclic) bond motifs is 1. The van der Waals surface area contributed by atoms with Crippen LogP contribution in [-0.2, 0) is 9.59 Å². The number of halogens is 1. The van der Waals surface area contributed by atoms with Gasteiger partial charge in [0.05, 0.1) is 0 Å². The van der Waals surface area contributed by atoms with Crippen molar-refractivity contribution in [2.24, 2.45) is 0 Å². The number of aromatic nitrogens is 1. The highest BCUT2D eigenvalue weighted by Crippen LogP contribution is 2.31. The molecule has 22 heavy (non-hydrogen) atoms. The van der Waals surface area contributed by atoms with Gasteiger partial charge in [-0.15, -0.1) is 0 Å². The standard InChI is InChI=1S/C15H12BrN3O3/c16-12-7-6-11-15(18-12)19(14(21)9-22-11)8-13(20)17-10-4-2-1-3-5-10/h1-7H,8-9H2,(H,17,20). The van der Waals surface area contributed by atoms with Crippen LogP contribution in [0.1, 0.15) is 0 Å². The summed E-state index contributed by atoms with van der Waals surface area (Å²) in [6, 6.07) is 12.5. The summed E-state index contributed by atoms with van der Waals surface area (Å²) in [5, 5.41) is 2.74. The van der Waals surface area contributed by atoms with Crippen LogP contribution in [0.5, 0.6) is 5.75 Å². The van der Waals surface area contributed by atoms with E-state index < -0.39 is 0 Å². The Bertz CT molecular complexity index is 721. The number of nitrogens with zero attached hydrogens (tertiary/aromatic N) is 2. The lowest BCUT2D eigenvalue weighted by molar-refractivity contribution is -0.123. The SMILES string of the molecule is O=C(CN1C(=O)COc2ccc(Br)nc21)Nc1ccccc1. The van der Waals surface area contributed by atoms with Crippen molar-refractivity contribution in [1.29, 1.82) is 0 Å². The average Bonchev–Trinajstić information content (AvgIpc) is 2.51. The van der Waals surface area contributed by atoms with Crippen molar-refractivity contribution >= 4 is 39.2 Å². The number of rotatable bonds is 3. The molecule has 1 N–H and O–H groups in total. The van der Waals surface area contributed by atoms with Gasteiger partial charge in [0.2, 0.25) is 5.91 Å². The zero-order valence-electron chi connectivity index (χ0n) is 11.5. The number of anilines is 2. The zero-order valence-corrected chi connectivity index (χ0v) is 13.0. The number of hydrogen-bond donors (Lipinski definition) is 1. The monoisotopic (exact) mass is 361 g/mol. The molecule has 2 heterocycles. The van der Waals surface area contributed by atoms with Crippen LogP contribution >= 0.6 is 15.9 Å². The lowest BCUT2D eigenvalue weighted by atomic mass is 10.3. The second-order valence-electron chi connectivity index (χ2n) is 4.64. The third kappa shape index (κ3) is 3.09. The molecule has 7 heteroatoms. The Morgan fingerprint density at radius 3 is 2.82 bits per heavy atom. The van der Waals surface area contributed by atoms with Crippen molar-refractivity contribution in [3.05, 3.63) is 47.1 Å². The van der Waals surface area contributed by atoms with Crippen LogP contribution < -0.4 is 15.0 Å². The Hall–Kier alpha value is -2.41. The minimum atomic E-state index is -0.304. The van der Waals surface area contributed by atoms with E-state index in [9.17, 15) is 9.59 Å². The predicted octanol–water partition coefficient (Wildman–Crippen LogP) is 2.21. The largest absolute Gasteiger partial charge is 0.480 e. The lowest BCUT2D eigenvalue weighted by Gasteiger charge is -2.27. The van der Waals surface area contributed by atoms with Crippen molar-refractivity contribution in [2.45, 2.75) is 0 Å². The third-order valence-corrected chi connectivity index (χ3v) is 3.51. The zero-order chi connectivity index (χ0) is 15.5. The number of hydrogen-bond acceptors (Lipinski definition) is 4. The van der Waals surface area contributed by atoms with Crippen LogP contribution in [0.25, 0.3) is 0 Å². The summed E-state index contributed by atoms with van der Waals surface area (Å²) in [6.45, 7) is -0.220. The summed E-state index contributed by atoms with van der Waals surface area (Å²) in [5.41, 5.74) is 0.677. The van der Waals surface area contributed by atoms with Crippen molar-refractivity contribution < 1.29 is 14.3 Å². The number of benzene rings is 1. The molecule has 1 aliphatic heterocycles. The minimum absolute atomic E-state index is 0.102. The third-order valence-electron chi connectivity index (χ3n) is 3.07. The molecule has 0 unspecified atom stereocenters. The normalized spacial score (nSPS) is 13.3. The summed E-state index contributed by atoms with van der Waals surface area (Å²) < 4.78 is 5.88. The number of carbonyl (C=O) groups excluding carboxylic acids is 2. The number of pyridine rings is 1. The predicted molar refractivity (Wildman–Crippen MR) is 84.9 cm³/mol. The van der Waals surface area contributed by atoms with E-state index >= 15 is 0 Å². The van der Waals surface area contributed by atoms with Crippen molar-refractivity contribution in [1.82, 2.24) is 4.98 Å². The fourth-order valence-corrected chi connectivity index (χ4v) is 2.38. The molecular weight excluding hydrogens is 350 g/mol. The molecule has 0 fully saturated rings. The first-order valence-corrected chi connectivity index (χ1v) is 7.37. The maximum absolute atomic E-state index is 12.1. The quantitative estimate of drug-likeness (QED) is 0.850. The van der Waals surface area contributed by atoms with Gasteiger partial charge in [-0.2, -0.15) is 0 Å². The number of ether oxygens (including phenoxy) is 1. The molecule has 0 atom stereocenters. The first kappa shape index (κ1) is 14.5. The van der Waals surface area contributed by atoms with Gasteiger partial charge in [-0.05, 0) is 40.2 Å². The number of amides is 2. The first-order chi connectivity index (χ1) is 10.6. The number of para-hydroxylation sites is 1. The summed E-state index contributed by atoms with van der Waals surface area (Å²) in [5.74, 6) is 0.222. The fourth-order valence-electron chi connectivity index (χ4n) is 2.08. The molecule has 1 aromatic heterocycles. The highest BCUT2D eigenvalue weighted by Gasteiger charge is 2.28. The average molecular weight is 362 g/mol. The number of nitrogens with one attached hydrogen (secondary N) is 1. The second kappa shape index (κ2) is 6.15. The molecule has 112 valence electrons. The van der Waals surface area contributed by atoms with Gasteiger partial charge in [0.25, 0.3) is 5.91 Å². The van der Waals surface area contributed by atoms with E-state index in [1.165, 1.54) is 4.90 Å². The lowest BCUT2D eigenvalue weighted by Crippen LogP contribution is -2.44. The van der Waals surface area contributed by atoms with Crippen molar-refractivity contribution in [3.63, 3.8) is 0 Å².